The summed E-state index contributed by atoms with van der Waals surface area (Å²) in [6.07, 6.45) is 0. The molecule has 4 nitrogen and oxygen atoms in total. The van der Waals surface area contributed by atoms with E-state index in [0.717, 1.165) is 10.2 Å². The minimum atomic E-state index is 0.420. The average molecular weight is 308 g/mol. The predicted molar refractivity (Wildman–Crippen MR) is 77.4 cm³/mol. The van der Waals surface area contributed by atoms with Crippen molar-refractivity contribution in [1.82, 2.24) is 4.98 Å². The molecule has 0 unspecified atom stereocenters. The van der Waals surface area contributed by atoms with E-state index in [1.807, 2.05) is 31.2 Å². The van der Waals surface area contributed by atoms with E-state index < -0.39 is 0 Å². The summed E-state index contributed by atoms with van der Waals surface area (Å²) in [4.78, 5) is 4.27. The summed E-state index contributed by atoms with van der Waals surface area (Å²) < 4.78 is 6.07. The van der Waals surface area contributed by atoms with Crippen molar-refractivity contribution in [3.8, 4) is 5.88 Å². The minimum Gasteiger partial charge on any atom is -0.479 e. The number of pyridine rings is 1. The number of halogens is 1. The Labute approximate surface area is 114 Å². The van der Waals surface area contributed by atoms with Crippen molar-refractivity contribution >= 4 is 33.1 Å². The highest BCUT2D eigenvalue weighted by atomic mass is 79.9. The van der Waals surface area contributed by atoms with Gasteiger partial charge in [0.25, 0.3) is 0 Å². The molecule has 0 atom stereocenters. The first-order valence-electron chi connectivity index (χ1n) is 5.44. The Morgan fingerprint density at radius 3 is 2.72 bits per heavy atom. The van der Waals surface area contributed by atoms with Crippen LogP contribution in [0.3, 0.4) is 0 Å². The second-order valence-corrected chi connectivity index (χ2v) is 4.76. The van der Waals surface area contributed by atoms with Crippen LogP contribution in [0.5, 0.6) is 5.88 Å². The lowest BCUT2D eigenvalue weighted by Crippen LogP contribution is -1.99. The number of nitrogens with one attached hydrogen (secondary N) is 1. The SMILES string of the molecule is COc1nc(Nc2ccc(C)cc2Br)ccc1N. The van der Waals surface area contributed by atoms with Gasteiger partial charge in [-0.2, -0.15) is 4.98 Å². The zero-order valence-electron chi connectivity index (χ0n) is 10.2. The monoisotopic (exact) mass is 307 g/mol. The highest BCUT2D eigenvalue weighted by molar-refractivity contribution is 9.10. The van der Waals surface area contributed by atoms with Gasteiger partial charge in [0, 0.05) is 4.47 Å². The summed E-state index contributed by atoms with van der Waals surface area (Å²) in [5.74, 6) is 1.11. The third-order valence-corrected chi connectivity index (χ3v) is 3.13. The number of nitrogens with two attached hydrogens (primary N) is 1. The Hall–Kier alpha value is -1.75. The molecule has 1 aromatic heterocycles. The smallest absolute Gasteiger partial charge is 0.238 e. The van der Waals surface area contributed by atoms with Gasteiger partial charge in [-0.15, -0.1) is 0 Å². The van der Waals surface area contributed by atoms with Crippen LogP contribution < -0.4 is 15.8 Å². The molecule has 5 heteroatoms. The first-order chi connectivity index (χ1) is 8.60. The summed E-state index contributed by atoms with van der Waals surface area (Å²) in [6.45, 7) is 2.04. The number of aryl methyl sites for hydroxylation is 1. The van der Waals surface area contributed by atoms with Crippen LogP contribution in [0.25, 0.3) is 0 Å². The summed E-state index contributed by atoms with van der Waals surface area (Å²) in [6, 6.07) is 9.63. The molecule has 0 spiro atoms. The zero-order valence-corrected chi connectivity index (χ0v) is 11.8. The third kappa shape index (κ3) is 2.73. The van der Waals surface area contributed by atoms with E-state index in [0.29, 0.717) is 17.4 Å². The van der Waals surface area contributed by atoms with Crippen LogP contribution in [0.1, 0.15) is 5.56 Å². The number of hydrogen-bond donors (Lipinski definition) is 2. The van der Waals surface area contributed by atoms with Crippen LogP contribution in [-0.4, -0.2) is 12.1 Å². The molecule has 0 amide bonds. The van der Waals surface area contributed by atoms with Crippen molar-refractivity contribution in [3.63, 3.8) is 0 Å². The van der Waals surface area contributed by atoms with Gasteiger partial charge >= 0.3 is 0 Å². The summed E-state index contributed by atoms with van der Waals surface area (Å²) in [5, 5.41) is 3.21. The molecule has 0 aliphatic carbocycles. The van der Waals surface area contributed by atoms with Crippen LogP contribution >= 0.6 is 15.9 Å². The van der Waals surface area contributed by atoms with Gasteiger partial charge in [-0.1, -0.05) is 6.07 Å². The molecule has 2 aromatic rings. The van der Waals surface area contributed by atoms with Gasteiger partial charge in [-0.05, 0) is 52.7 Å². The summed E-state index contributed by atoms with van der Waals surface area (Å²) >= 11 is 3.51. The lowest BCUT2D eigenvalue weighted by atomic mass is 10.2. The Morgan fingerprint density at radius 1 is 1.28 bits per heavy atom. The first kappa shape index (κ1) is 12.7. The van der Waals surface area contributed by atoms with Crippen molar-refractivity contribution in [3.05, 3.63) is 40.4 Å². The highest BCUT2D eigenvalue weighted by Gasteiger charge is 2.05. The number of aromatic nitrogens is 1. The number of rotatable bonds is 3. The number of nitrogen functional groups attached to an aromatic ring is 1. The highest BCUT2D eigenvalue weighted by Crippen LogP contribution is 2.28. The number of hydrogen-bond acceptors (Lipinski definition) is 4. The van der Waals surface area contributed by atoms with Crippen LogP contribution in [0.4, 0.5) is 17.2 Å². The number of nitrogens with zero attached hydrogens (tertiary/aromatic N) is 1. The van der Waals surface area contributed by atoms with E-state index in [9.17, 15) is 0 Å². The fourth-order valence-electron chi connectivity index (χ4n) is 1.54. The maximum Gasteiger partial charge on any atom is 0.238 e. The topological polar surface area (TPSA) is 60.2 Å². The molecule has 0 aliphatic heterocycles. The summed E-state index contributed by atoms with van der Waals surface area (Å²) in [5.41, 5.74) is 8.37. The molecule has 0 fully saturated rings. The second-order valence-electron chi connectivity index (χ2n) is 3.90. The largest absolute Gasteiger partial charge is 0.479 e. The average Bonchev–Trinajstić information content (AvgIpc) is 2.35. The van der Waals surface area contributed by atoms with Crippen molar-refractivity contribution < 1.29 is 4.74 Å². The molecule has 1 heterocycles. The summed E-state index contributed by atoms with van der Waals surface area (Å²) in [7, 11) is 1.55. The lowest BCUT2D eigenvalue weighted by molar-refractivity contribution is 0.401. The van der Waals surface area contributed by atoms with E-state index in [4.69, 9.17) is 10.5 Å². The number of anilines is 3. The Balaban J connectivity index is 2.28. The van der Waals surface area contributed by atoms with E-state index in [1.165, 1.54) is 5.56 Å². The minimum absolute atomic E-state index is 0.420. The maximum atomic E-state index is 5.72. The normalized spacial score (nSPS) is 10.2. The van der Waals surface area contributed by atoms with Crippen molar-refractivity contribution in [2.45, 2.75) is 6.92 Å². The predicted octanol–water partition coefficient (Wildman–Crippen LogP) is 3.49. The standard InChI is InChI=1S/C13H14BrN3O/c1-8-3-5-11(9(14)7-8)16-12-6-4-10(15)13(17-12)18-2/h3-7H,15H2,1-2H3,(H,16,17). The molecule has 0 saturated heterocycles. The van der Waals surface area contributed by atoms with E-state index in [-0.39, 0.29) is 0 Å². The number of benzene rings is 1. The molecule has 0 aliphatic rings. The molecule has 1 aromatic carbocycles. The van der Waals surface area contributed by atoms with Crippen molar-refractivity contribution in [2.24, 2.45) is 0 Å². The maximum absolute atomic E-state index is 5.72. The van der Waals surface area contributed by atoms with Gasteiger partial charge < -0.3 is 15.8 Å². The van der Waals surface area contributed by atoms with Crippen LogP contribution in [-0.2, 0) is 0 Å². The quantitative estimate of drug-likeness (QED) is 0.911. The molecule has 0 bridgehead atoms. The van der Waals surface area contributed by atoms with Crippen LogP contribution in [0.15, 0.2) is 34.8 Å². The Morgan fingerprint density at radius 2 is 2.06 bits per heavy atom. The van der Waals surface area contributed by atoms with Crippen molar-refractivity contribution in [2.75, 3.05) is 18.2 Å². The van der Waals surface area contributed by atoms with Gasteiger partial charge in [-0.25, -0.2) is 0 Å². The molecule has 2 rings (SSSR count). The van der Waals surface area contributed by atoms with Gasteiger partial charge in [0.1, 0.15) is 5.82 Å². The molecular formula is C13H14BrN3O. The first-order valence-corrected chi connectivity index (χ1v) is 6.23. The second kappa shape index (κ2) is 5.27. The zero-order chi connectivity index (χ0) is 13.1. The van der Waals surface area contributed by atoms with Gasteiger partial charge in [0.05, 0.1) is 18.5 Å². The van der Waals surface area contributed by atoms with Gasteiger partial charge in [-0.3, -0.25) is 0 Å². The van der Waals surface area contributed by atoms with E-state index in [2.05, 4.69) is 26.2 Å². The van der Waals surface area contributed by atoms with E-state index in [1.54, 1.807) is 13.2 Å². The molecule has 0 radical (unpaired) electrons. The van der Waals surface area contributed by atoms with E-state index >= 15 is 0 Å². The van der Waals surface area contributed by atoms with Gasteiger partial charge in [0.2, 0.25) is 5.88 Å². The van der Waals surface area contributed by atoms with Crippen LogP contribution in [0.2, 0.25) is 0 Å². The lowest BCUT2D eigenvalue weighted by Gasteiger charge is -2.10. The third-order valence-electron chi connectivity index (χ3n) is 2.47. The van der Waals surface area contributed by atoms with Crippen molar-refractivity contribution in [1.29, 1.82) is 0 Å². The molecule has 94 valence electrons. The Kier molecular flexibility index (Phi) is 3.72. The Bertz CT molecular complexity index is 572. The fraction of sp³-hybridized carbons (Fsp3) is 0.154. The molecule has 3 N–H and O–H groups in total. The number of ether oxygens (including phenoxy) is 1. The molecule has 18 heavy (non-hydrogen) atoms. The molecular weight excluding hydrogens is 294 g/mol. The fourth-order valence-corrected chi connectivity index (χ4v) is 2.14. The molecule has 0 saturated carbocycles. The van der Waals surface area contributed by atoms with Crippen LogP contribution in [0, 0.1) is 6.92 Å². The van der Waals surface area contributed by atoms with Gasteiger partial charge in [0.15, 0.2) is 0 Å². The number of methoxy groups -OCH3 is 1.